The highest BCUT2D eigenvalue weighted by atomic mass is 16.5. The summed E-state index contributed by atoms with van der Waals surface area (Å²) in [5, 5.41) is 2.82. The van der Waals surface area contributed by atoms with E-state index in [4.69, 9.17) is 4.74 Å². The molecule has 3 heteroatoms. The molecule has 1 aromatic rings. The van der Waals surface area contributed by atoms with Gasteiger partial charge in [-0.25, -0.2) is 0 Å². The Balaban J connectivity index is 2.55. The predicted molar refractivity (Wildman–Crippen MR) is 68.6 cm³/mol. The quantitative estimate of drug-likeness (QED) is 0.793. The molecule has 0 aromatic heterocycles. The highest BCUT2D eigenvalue weighted by Gasteiger charge is 2.10. The first-order valence-corrected chi connectivity index (χ1v) is 5.64. The van der Waals surface area contributed by atoms with Crippen molar-refractivity contribution in [3.8, 4) is 0 Å². The standard InChI is InChI=1S/C14H19NO2/c1-11(2)9-14(16)15-10-13(17-3)12-7-5-4-6-8-12/h4-9,13H,10H2,1-3H3,(H,15,16)/t13-/m1/s1. The molecule has 3 nitrogen and oxygen atoms in total. The summed E-state index contributed by atoms with van der Waals surface area (Å²) in [5.74, 6) is -0.0806. The van der Waals surface area contributed by atoms with Gasteiger partial charge in [0.2, 0.25) is 5.91 Å². The van der Waals surface area contributed by atoms with E-state index in [2.05, 4.69) is 5.32 Å². The number of benzene rings is 1. The van der Waals surface area contributed by atoms with Crippen molar-refractivity contribution in [3.05, 3.63) is 47.5 Å². The molecule has 1 aromatic carbocycles. The maximum atomic E-state index is 11.5. The van der Waals surface area contributed by atoms with Crippen molar-refractivity contribution < 1.29 is 9.53 Å². The first-order chi connectivity index (χ1) is 8.13. The number of amides is 1. The van der Waals surface area contributed by atoms with Gasteiger partial charge in [0.05, 0.1) is 6.10 Å². The van der Waals surface area contributed by atoms with Crippen LogP contribution in [0.3, 0.4) is 0 Å². The molecular formula is C14H19NO2. The van der Waals surface area contributed by atoms with Crippen molar-refractivity contribution in [1.29, 1.82) is 0 Å². The van der Waals surface area contributed by atoms with E-state index in [-0.39, 0.29) is 12.0 Å². The second-order valence-corrected chi connectivity index (χ2v) is 4.10. The van der Waals surface area contributed by atoms with E-state index in [1.807, 2.05) is 44.2 Å². The van der Waals surface area contributed by atoms with Crippen LogP contribution in [-0.2, 0) is 9.53 Å². The Bertz CT molecular complexity index is 380. The fourth-order valence-corrected chi connectivity index (χ4v) is 1.51. The van der Waals surface area contributed by atoms with E-state index >= 15 is 0 Å². The topological polar surface area (TPSA) is 38.3 Å². The summed E-state index contributed by atoms with van der Waals surface area (Å²) >= 11 is 0. The molecule has 17 heavy (non-hydrogen) atoms. The lowest BCUT2D eigenvalue weighted by molar-refractivity contribution is -0.117. The zero-order valence-corrected chi connectivity index (χ0v) is 10.6. The number of rotatable bonds is 5. The molecule has 0 aliphatic rings. The first-order valence-electron chi connectivity index (χ1n) is 5.64. The number of methoxy groups -OCH3 is 1. The molecule has 0 aliphatic heterocycles. The van der Waals surface area contributed by atoms with Gasteiger partial charge >= 0.3 is 0 Å². The van der Waals surface area contributed by atoms with Gasteiger partial charge < -0.3 is 10.1 Å². The second kappa shape index (κ2) is 6.86. The Labute approximate surface area is 102 Å². The zero-order chi connectivity index (χ0) is 12.7. The first kappa shape index (κ1) is 13.5. The van der Waals surface area contributed by atoms with Crippen LogP contribution in [0.2, 0.25) is 0 Å². The van der Waals surface area contributed by atoms with Crippen LogP contribution in [0, 0.1) is 0 Å². The average molecular weight is 233 g/mol. The predicted octanol–water partition coefficient (Wildman–Crippen LogP) is 2.46. The monoisotopic (exact) mass is 233 g/mol. The Morgan fingerprint density at radius 1 is 1.35 bits per heavy atom. The molecule has 0 aliphatic carbocycles. The molecule has 0 saturated heterocycles. The van der Waals surface area contributed by atoms with Gasteiger partial charge in [0, 0.05) is 19.7 Å². The van der Waals surface area contributed by atoms with Gasteiger partial charge in [0.15, 0.2) is 0 Å². The van der Waals surface area contributed by atoms with Gasteiger partial charge in [-0.2, -0.15) is 0 Å². The molecule has 0 unspecified atom stereocenters. The minimum atomic E-state index is -0.106. The Kier molecular flexibility index (Phi) is 5.43. The van der Waals surface area contributed by atoms with Crippen molar-refractivity contribution in [3.63, 3.8) is 0 Å². The lowest BCUT2D eigenvalue weighted by Gasteiger charge is -2.15. The van der Waals surface area contributed by atoms with Crippen LogP contribution >= 0.6 is 0 Å². The number of ether oxygens (including phenoxy) is 1. The third-order valence-corrected chi connectivity index (χ3v) is 2.34. The lowest BCUT2D eigenvalue weighted by Crippen LogP contribution is -2.27. The summed E-state index contributed by atoms with van der Waals surface area (Å²) in [5.41, 5.74) is 2.05. The van der Waals surface area contributed by atoms with Crippen molar-refractivity contribution in [1.82, 2.24) is 5.32 Å². The number of hydrogen-bond acceptors (Lipinski definition) is 2. The molecule has 1 amide bonds. The summed E-state index contributed by atoms with van der Waals surface area (Å²) in [6.45, 7) is 4.26. The fourth-order valence-electron chi connectivity index (χ4n) is 1.51. The largest absolute Gasteiger partial charge is 0.375 e. The van der Waals surface area contributed by atoms with Crippen molar-refractivity contribution >= 4 is 5.91 Å². The summed E-state index contributed by atoms with van der Waals surface area (Å²) in [4.78, 5) is 11.5. The van der Waals surface area contributed by atoms with E-state index in [0.29, 0.717) is 6.54 Å². The second-order valence-electron chi connectivity index (χ2n) is 4.10. The van der Waals surface area contributed by atoms with Crippen LogP contribution in [0.15, 0.2) is 42.0 Å². The highest BCUT2D eigenvalue weighted by molar-refractivity contribution is 5.88. The summed E-state index contributed by atoms with van der Waals surface area (Å²) in [6, 6.07) is 9.85. The molecule has 1 atom stereocenters. The van der Waals surface area contributed by atoms with E-state index in [9.17, 15) is 4.79 Å². The molecule has 1 rings (SSSR count). The van der Waals surface area contributed by atoms with Crippen LogP contribution < -0.4 is 5.32 Å². The number of carbonyl (C=O) groups is 1. The molecular weight excluding hydrogens is 214 g/mol. The Morgan fingerprint density at radius 3 is 2.53 bits per heavy atom. The van der Waals surface area contributed by atoms with Gasteiger partial charge in [-0.05, 0) is 19.4 Å². The molecule has 92 valence electrons. The number of carbonyl (C=O) groups excluding carboxylic acids is 1. The van der Waals surface area contributed by atoms with Crippen molar-refractivity contribution in [2.45, 2.75) is 20.0 Å². The van der Waals surface area contributed by atoms with Crippen LogP contribution in [0.1, 0.15) is 25.5 Å². The van der Waals surface area contributed by atoms with Crippen LogP contribution in [-0.4, -0.2) is 19.6 Å². The molecule has 0 bridgehead atoms. The van der Waals surface area contributed by atoms with E-state index in [1.165, 1.54) is 0 Å². The Morgan fingerprint density at radius 2 is 2.00 bits per heavy atom. The van der Waals surface area contributed by atoms with Gasteiger partial charge in [-0.1, -0.05) is 35.9 Å². The summed E-state index contributed by atoms with van der Waals surface area (Å²) in [6.07, 6.45) is 1.48. The molecule has 0 heterocycles. The maximum absolute atomic E-state index is 11.5. The summed E-state index contributed by atoms with van der Waals surface area (Å²) in [7, 11) is 1.64. The Hall–Kier alpha value is -1.61. The number of allylic oxidation sites excluding steroid dienone is 1. The van der Waals surface area contributed by atoms with E-state index in [1.54, 1.807) is 13.2 Å². The highest BCUT2D eigenvalue weighted by Crippen LogP contribution is 2.14. The normalized spacial score (nSPS) is 11.7. The zero-order valence-electron chi connectivity index (χ0n) is 10.6. The van der Waals surface area contributed by atoms with Gasteiger partial charge in [0.25, 0.3) is 0 Å². The van der Waals surface area contributed by atoms with Crippen LogP contribution in [0.25, 0.3) is 0 Å². The van der Waals surface area contributed by atoms with E-state index in [0.717, 1.165) is 11.1 Å². The molecule has 1 N–H and O–H groups in total. The maximum Gasteiger partial charge on any atom is 0.244 e. The summed E-state index contributed by atoms with van der Waals surface area (Å²) < 4.78 is 5.36. The molecule has 0 spiro atoms. The molecule has 0 saturated carbocycles. The van der Waals surface area contributed by atoms with Gasteiger partial charge in [-0.3, -0.25) is 4.79 Å². The van der Waals surface area contributed by atoms with E-state index < -0.39 is 0 Å². The smallest absolute Gasteiger partial charge is 0.244 e. The molecule has 0 fully saturated rings. The van der Waals surface area contributed by atoms with Crippen LogP contribution in [0.4, 0.5) is 0 Å². The number of hydrogen-bond donors (Lipinski definition) is 1. The third kappa shape index (κ3) is 4.83. The average Bonchev–Trinajstić information content (AvgIpc) is 2.30. The minimum Gasteiger partial charge on any atom is -0.375 e. The van der Waals surface area contributed by atoms with Crippen molar-refractivity contribution in [2.24, 2.45) is 0 Å². The third-order valence-electron chi connectivity index (χ3n) is 2.34. The SMILES string of the molecule is CO[C@H](CNC(=O)C=C(C)C)c1ccccc1. The van der Waals surface area contributed by atoms with Crippen molar-refractivity contribution in [2.75, 3.05) is 13.7 Å². The van der Waals surface area contributed by atoms with Gasteiger partial charge in [0.1, 0.15) is 0 Å². The minimum absolute atomic E-state index is 0.0806. The van der Waals surface area contributed by atoms with Crippen LogP contribution in [0.5, 0.6) is 0 Å². The molecule has 0 radical (unpaired) electrons. The number of nitrogens with one attached hydrogen (secondary N) is 1. The lowest BCUT2D eigenvalue weighted by atomic mass is 10.1. The van der Waals surface area contributed by atoms with Gasteiger partial charge in [-0.15, -0.1) is 0 Å². The fraction of sp³-hybridized carbons (Fsp3) is 0.357.